The quantitative estimate of drug-likeness (QED) is 0.743. The van der Waals surface area contributed by atoms with Crippen LogP contribution in [0.3, 0.4) is 0 Å². The fourth-order valence-corrected chi connectivity index (χ4v) is 4.80. The summed E-state index contributed by atoms with van der Waals surface area (Å²) in [6, 6.07) is 0. The van der Waals surface area contributed by atoms with Gasteiger partial charge in [-0.2, -0.15) is 5.10 Å². The first-order chi connectivity index (χ1) is 12.0. The molecule has 0 aromatic carbocycles. The number of aromatic nitrogens is 2. The molecule has 3 atom stereocenters. The summed E-state index contributed by atoms with van der Waals surface area (Å²) in [5, 5.41) is 4.49. The van der Waals surface area contributed by atoms with Crippen molar-refractivity contribution in [2.45, 2.75) is 31.6 Å². The predicted octanol–water partition coefficient (Wildman–Crippen LogP) is 0.878. The van der Waals surface area contributed by atoms with Crippen LogP contribution in [0, 0.1) is 11.3 Å². The maximum Gasteiger partial charge on any atom is 0.314 e. The lowest BCUT2D eigenvalue weighted by Gasteiger charge is -2.35. The second kappa shape index (κ2) is 6.12. The molecule has 1 unspecified atom stereocenters. The van der Waals surface area contributed by atoms with E-state index in [1.54, 1.807) is 4.68 Å². The highest BCUT2D eigenvalue weighted by atomic mass is 16.5. The number of carbonyl (C=O) groups is 2. The minimum atomic E-state index is -0.602. The van der Waals surface area contributed by atoms with Crippen LogP contribution in [0.1, 0.15) is 36.4 Å². The highest BCUT2D eigenvalue weighted by molar-refractivity contribution is 5.86. The van der Waals surface area contributed by atoms with Crippen LogP contribution >= 0.6 is 0 Å². The van der Waals surface area contributed by atoms with Gasteiger partial charge >= 0.3 is 5.97 Å². The summed E-state index contributed by atoms with van der Waals surface area (Å²) in [5.41, 5.74) is 1.49. The summed E-state index contributed by atoms with van der Waals surface area (Å²) < 4.78 is 12.5. The Labute approximate surface area is 147 Å². The number of aryl methyl sites for hydroxylation is 2. The highest BCUT2D eigenvalue weighted by Crippen LogP contribution is 2.44. The van der Waals surface area contributed by atoms with Gasteiger partial charge in [0.2, 0.25) is 5.91 Å². The maximum atomic E-state index is 13.3. The van der Waals surface area contributed by atoms with Crippen molar-refractivity contribution < 1.29 is 19.1 Å². The van der Waals surface area contributed by atoms with Crippen LogP contribution in [0.5, 0.6) is 0 Å². The van der Waals surface area contributed by atoms with Gasteiger partial charge in [-0.3, -0.25) is 14.3 Å². The fourth-order valence-electron chi connectivity index (χ4n) is 4.80. The van der Waals surface area contributed by atoms with Crippen LogP contribution < -0.4 is 0 Å². The van der Waals surface area contributed by atoms with Crippen LogP contribution in [0.2, 0.25) is 0 Å². The number of nitrogens with zero attached hydrogens (tertiary/aromatic N) is 3. The molecule has 0 spiro atoms. The van der Waals surface area contributed by atoms with E-state index in [1.165, 1.54) is 7.11 Å². The van der Waals surface area contributed by atoms with Crippen molar-refractivity contribution in [1.29, 1.82) is 0 Å². The third-order valence-corrected chi connectivity index (χ3v) is 6.13. The van der Waals surface area contributed by atoms with E-state index in [0.717, 1.165) is 30.5 Å². The molecular weight excluding hydrogens is 322 g/mol. The lowest BCUT2D eigenvalue weighted by Crippen LogP contribution is -2.46. The van der Waals surface area contributed by atoms with E-state index >= 15 is 0 Å². The first-order valence-electron chi connectivity index (χ1n) is 9.02. The average molecular weight is 347 g/mol. The molecule has 0 N–H and O–H groups in total. The zero-order valence-corrected chi connectivity index (χ0v) is 14.9. The number of carbonyl (C=O) groups excluding carboxylic acids is 2. The number of hydrogen-bond acceptors (Lipinski definition) is 5. The summed E-state index contributed by atoms with van der Waals surface area (Å²) in [6.45, 7) is 2.07. The second-order valence-electron chi connectivity index (χ2n) is 7.54. The van der Waals surface area contributed by atoms with Crippen molar-refractivity contribution >= 4 is 11.9 Å². The first-order valence-corrected chi connectivity index (χ1v) is 9.02. The predicted molar refractivity (Wildman–Crippen MR) is 88.8 cm³/mol. The topological polar surface area (TPSA) is 73.7 Å². The molecule has 2 fully saturated rings. The second-order valence-corrected chi connectivity index (χ2v) is 7.54. The lowest BCUT2D eigenvalue weighted by molar-refractivity contribution is -0.161. The maximum absolute atomic E-state index is 13.3. The number of hydrogen-bond donors (Lipinski definition) is 0. The Kier molecular flexibility index (Phi) is 4.06. The Morgan fingerprint density at radius 3 is 3.08 bits per heavy atom. The number of amides is 1. The molecule has 0 radical (unpaired) electrons. The Balaban J connectivity index is 1.59. The van der Waals surface area contributed by atoms with Gasteiger partial charge < -0.3 is 14.4 Å². The van der Waals surface area contributed by atoms with Crippen LogP contribution in [0.25, 0.3) is 0 Å². The SMILES string of the molecule is COC(=O)[C@@]12CCOC[C@@H]1CN(C(=O)C1CCCc3nn(C)cc31)C2. The minimum Gasteiger partial charge on any atom is -0.469 e. The van der Waals surface area contributed by atoms with Gasteiger partial charge in [-0.25, -0.2) is 0 Å². The molecule has 1 aliphatic carbocycles. The van der Waals surface area contributed by atoms with Crippen molar-refractivity contribution in [2.24, 2.45) is 18.4 Å². The van der Waals surface area contributed by atoms with Crippen LogP contribution in [-0.4, -0.2) is 60.0 Å². The van der Waals surface area contributed by atoms with Crippen molar-refractivity contribution in [1.82, 2.24) is 14.7 Å². The van der Waals surface area contributed by atoms with E-state index in [-0.39, 0.29) is 23.7 Å². The molecule has 3 heterocycles. The zero-order chi connectivity index (χ0) is 17.6. The van der Waals surface area contributed by atoms with Gasteiger partial charge in [0.25, 0.3) is 0 Å². The lowest BCUT2D eigenvalue weighted by atomic mass is 9.74. The number of likely N-dealkylation sites (tertiary alicyclic amines) is 1. The van der Waals surface area contributed by atoms with Crippen LogP contribution in [-0.2, 0) is 32.5 Å². The Morgan fingerprint density at radius 2 is 2.28 bits per heavy atom. The van der Waals surface area contributed by atoms with Gasteiger partial charge in [-0.1, -0.05) is 0 Å². The standard InChI is InChI=1S/C18H25N3O4/c1-20-9-14-13(4-3-5-15(14)19-20)16(22)21-8-12-10-25-7-6-18(12,11-21)17(23)24-2/h9,12-13H,3-8,10-11H2,1-2H3/t12-,13?,18+/m0/s1. The average Bonchev–Trinajstić information content (AvgIpc) is 3.20. The largest absolute Gasteiger partial charge is 0.469 e. The number of methoxy groups -OCH3 is 1. The fraction of sp³-hybridized carbons (Fsp3) is 0.722. The molecule has 1 aromatic rings. The van der Waals surface area contributed by atoms with Crippen molar-refractivity contribution in [3.63, 3.8) is 0 Å². The molecule has 0 bridgehead atoms. The monoisotopic (exact) mass is 347 g/mol. The molecule has 7 heteroatoms. The molecule has 1 amide bonds. The van der Waals surface area contributed by atoms with E-state index in [9.17, 15) is 9.59 Å². The van der Waals surface area contributed by atoms with Crippen LogP contribution in [0.4, 0.5) is 0 Å². The third-order valence-electron chi connectivity index (χ3n) is 6.13. The number of ether oxygens (including phenoxy) is 2. The third kappa shape index (κ3) is 2.56. The van der Waals surface area contributed by atoms with E-state index in [4.69, 9.17) is 9.47 Å². The normalized spacial score (nSPS) is 31.4. The first kappa shape index (κ1) is 16.6. The molecule has 0 saturated carbocycles. The summed E-state index contributed by atoms with van der Waals surface area (Å²) >= 11 is 0. The van der Waals surface area contributed by atoms with Crippen molar-refractivity contribution in [3.8, 4) is 0 Å². The molecule has 2 saturated heterocycles. The summed E-state index contributed by atoms with van der Waals surface area (Å²) in [6.07, 6.45) is 5.35. The van der Waals surface area contributed by atoms with Gasteiger partial charge in [0.05, 0.1) is 30.7 Å². The molecular formula is C18H25N3O4. The Hall–Kier alpha value is -1.89. The van der Waals surface area contributed by atoms with Crippen molar-refractivity contribution in [3.05, 3.63) is 17.5 Å². The molecule has 25 heavy (non-hydrogen) atoms. The van der Waals surface area contributed by atoms with Gasteiger partial charge in [-0.15, -0.1) is 0 Å². The number of rotatable bonds is 2. The summed E-state index contributed by atoms with van der Waals surface area (Å²) in [4.78, 5) is 27.6. The van der Waals surface area contributed by atoms with Gasteiger partial charge in [0.15, 0.2) is 0 Å². The molecule has 7 nitrogen and oxygen atoms in total. The molecule has 2 aliphatic heterocycles. The van der Waals surface area contributed by atoms with E-state index in [0.29, 0.717) is 32.7 Å². The summed E-state index contributed by atoms with van der Waals surface area (Å²) in [7, 11) is 3.32. The Bertz CT molecular complexity index is 700. The van der Waals surface area contributed by atoms with Gasteiger partial charge in [0.1, 0.15) is 0 Å². The van der Waals surface area contributed by atoms with Gasteiger partial charge in [-0.05, 0) is 25.7 Å². The smallest absolute Gasteiger partial charge is 0.314 e. The number of esters is 1. The van der Waals surface area contributed by atoms with Crippen LogP contribution in [0.15, 0.2) is 6.20 Å². The number of fused-ring (bicyclic) bond motifs is 2. The summed E-state index contributed by atoms with van der Waals surface area (Å²) in [5.74, 6) is -0.212. The van der Waals surface area contributed by atoms with Crippen molar-refractivity contribution in [2.75, 3.05) is 33.4 Å². The molecule has 4 rings (SSSR count). The highest BCUT2D eigenvalue weighted by Gasteiger charge is 2.56. The van der Waals surface area contributed by atoms with E-state index < -0.39 is 5.41 Å². The van der Waals surface area contributed by atoms with E-state index in [2.05, 4.69) is 5.10 Å². The zero-order valence-electron chi connectivity index (χ0n) is 14.9. The molecule has 1 aromatic heterocycles. The minimum absolute atomic E-state index is 0.0228. The molecule has 3 aliphatic rings. The Morgan fingerprint density at radius 1 is 1.44 bits per heavy atom. The van der Waals surface area contributed by atoms with E-state index in [1.807, 2.05) is 18.1 Å². The molecule has 136 valence electrons. The van der Waals surface area contributed by atoms with Gasteiger partial charge in [0, 0.05) is 44.4 Å².